The molecule has 38 heteroatoms. The maximum absolute atomic E-state index is 13.3. The monoisotopic (exact) mass is 1700 g/mol. The van der Waals surface area contributed by atoms with Gasteiger partial charge in [0.2, 0.25) is 0 Å². The first-order chi connectivity index (χ1) is 50.7. The van der Waals surface area contributed by atoms with Crippen molar-refractivity contribution in [2.24, 2.45) is 98.6 Å². The molecule has 0 aromatic heterocycles. The van der Waals surface area contributed by atoms with E-state index in [2.05, 4.69) is 13.8 Å². The first kappa shape index (κ1) is 103. The molecule has 1 aliphatic heterocycles. The number of carbonyl (C=O) groups is 6. The molecule has 114 heavy (non-hydrogen) atoms. The fourth-order valence-corrected chi connectivity index (χ4v) is 15.6. The van der Waals surface area contributed by atoms with E-state index in [1.54, 1.807) is 34.6 Å². The second-order valence-corrected chi connectivity index (χ2v) is 35.8. The van der Waals surface area contributed by atoms with E-state index in [-0.39, 0.29) is 68.5 Å². The van der Waals surface area contributed by atoms with Gasteiger partial charge in [0.25, 0.3) is 5.60 Å². The predicted molar refractivity (Wildman–Crippen MR) is 365 cm³/mol. The molecule has 1 heterocycles. The van der Waals surface area contributed by atoms with Crippen molar-refractivity contribution in [2.45, 2.75) is 337 Å². The zero-order valence-corrected chi connectivity index (χ0v) is 68.0. The lowest BCUT2D eigenvalue weighted by Gasteiger charge is -2.47. The summed E-state index contributed by atoms with van der Waals surface area (Å²) >= 11 is 0. The SMILES string of the molecule is CC1C2CC(CC(C)(O)C(F)(F)F)C(C2)C1C.CCC(C)(C(=O)OC(C)(C)C)C(F)(F)F.CCC(C)(C)C(=O)OC1CC(C(C)(O)C(F)(F)F)CC(C(C)(O)C(F)(F)F)C1.CCC(C)(C)C(=O)OC1CC(C(C)(O)C(F)(F)F)CC(C(O)(C(F)(F)F)C(F)(F)F)C1.CCOC(=O)C1C2CC3C(OC(=O)C31)C2OC(=O)C(C)(C)CC. The van der Waals surface area contributed by atoms with Gasteiger partial charge >= 0.3 is 79.0 Å². The Hall–Kier alpha value is -4.85. The topological polar surface area (TPSA) is 259 Å². The minimum Gasteiger partial charge on any atom is -0.466 e. The number of hydrogen-bond donors (Lipinski definition) is 5. The van der Waals surface area contributed by atoms with Gasteiger partial charge in [-0.05, 0) is 223 Å². The summed E-state index contributed by atoms with van der Waals surface area (Å²) in [4.78, 5) is 72.8. The molecule has 0 aromatic rings. The van der Waals surface area contributed by atoms with Crippen LogP contribution in [0.3, 0.4) is 0 Å². The quantitative estimate of drug-likeness (QED) is 0.0457. The number of ether oxygens (including phenoxy) is 6. The van der Waals surface area contributed by atoms with Crippen molar-refractivity contribution in [3.05, 3.63) is 0 Å². The Labute approximate surface area is 650 Å². The fraction of sp³-hybridized carbons (Fsp3) is 0.921. The first-order valence-corrected chi connectivity index (χ1v) is 38.0. The lowest BCUT2D eigenvalue weighted by Crippen LogP contribution is -2.64. The smallest absolute Gasteiger partial charge is 0.426 e. The maximum atomic E-state index is 13.3. The molecule has 668 valence electrons. The third-order valence-electron chi connectivity index (χ3n) is 25.6. The molecule has 21 unspecified atom stereocenters. The van der Waals surface area contributed by atoms with Gasteiger partial charge in [-0.1, -0.05) is 41.5 Å². The molecule has 5 N–H and O–H groups in total. The van der Waals surface area contributed by atoms with Gasteiger partial charge in [0.1, 0.15) is 30.0 Å². The van der Waals surface area contributed by atoms with E-state index in [0.29, 0.717) is 56.8 Å². The van der Waals surface area contributed by atoms with Crippen LogP contribution in [0, 0.1) is 98.6 Å². The van der Waals surface area contributed by atoms with E-state index in [0.717, 1.165) is 26.7 Å². The number of halogens is 21. The minimum atomic E-state index is -6.28. The predicted octanol–water partition coefficient (Wildman–Crippen LogP) is 17.9. The molecule has 1 saturated heterocycles. The Balaban J connectivity index is 0.000000377. The number of rotatable bonds is 19. The van der Waals surface area contributed by atoms with Crippen molar-refractivity contribution < 1.29 is 175 Å². The molecule has 7 aliphatic rings. The Kier molecular flexibility index (Phi) is 32.1. The molecule has 0 spiro atoms. The maximum Gasteiger partial charge on any atom is 0.426 e. The molecule has 0 radical (unpaired) electrons. The van der Waals surface area contributed by atoms with Crippen LogP contribution in [0.1, 0.15) is 235 Å². The molecule has 6 aliphatic carbocycles. The number of carbonyl (C=O) groups excluding carboxylic acids is 6. The third kappa shape index (κ3) is 22.6. The van der Waals surface area contributed by atoms with Crippen molar-refractivity contribution in [1.82, 2.24) is 0 Å². The van der Waals surface area contributed by atoms with Gasteiger partial charge in [-0.15, -0.1) is 0 Å². The Morgan fingerprint density at radius 3 is 1.09 bits per heavy atom. The lowest BCUT2D eigenvalue weighted by molar-refractivity contribution is -0.391. The van der Waals surface area contributed by atoms with Crippen LogP contribution in [0.25, 0.3) is 0 Å². The van der Waals surface area contributed by atoms with Crippen LogP contribution in [0.4, 0.5) is 92.2 Å². The van der Waals surface area contributed by atoms with Crippen LogP contribution in [-0.2, 0) is 57.2 Å². The van der Waals surface area contributed by atoms with Gasteiger partial charge in [0.05, 0.1) is 34.7 Å². The van der Waals surface area contributed by atoms with E-state index in [9.17, 15) is 146 Å². The van der Waals surface area contributed by atoms with Crippen LogP contribution < -0.4 is 0 Å². The fourth-order valence-electron chi connectivity index (χ4n) is 15.6. The van der Waals surface area contributed by atoms with Crippen molar-refractivity contribution >= 4 is 35.8 Å². The minimum absolute atomic E-state index is 0.0376. The second kappa shape index (κ2) is 35.5. The number of hydrogen-bond acceptors (Lipinski definition) is 17. The normalized spacial score (nSPS) is 30.8. The Bertz CT molecular complexity index is 3200. The van der Waals surface area contributed by atoms with Gasteiger partial charge in [-0.2, -0.15) is 92.2 Å². The van der Waals surface area contributed by atoms with Gasteiger partial charge < -0.3 is 54.0 Å². The molecule has 4 bridgehead atoms. The van der Waals surface area contributed by atoms with Gasteiger partial charge in [-0.3, -0.25) is 28.8 Å². The van der Waals surface area contributed by atoms with E-state index in [1.807, 2.05) is 20.8 Å². The van der Waals surface area contributed by atoms with Crippen LogP contribution >= 0.6 is 0 Å². The number of esters is 6. The molecule has 17 nitrogen and oxygen atoms in total. The van der Waals surface area contributed by atoms with E-state index in [1.165, 1.54) is 41.5 Å². The molecule has 7 fully saturated rings. The van der Waals surface area contributed by atoms with Gasteiger partial charge in [0.15, 0.2) is 27.8 Å². The average Bonchev–Trinajstić information content (AvgIpc) is 1.59. The molecule has 0 amide bonds. The summed E-state index contributed by atoms with van der Waals surface area (Å²) in [7, 11) is 0. The van der Waals surface area contributed by atoms with Crippen molar-refractivity contribution in [1.29, 1.82) is 0 Å². The molecule has 0 aromatic carbocycles. The molecular formula is C76H115F21O17. The van der Waals surface area contributed by atoms with Crippen LogP contribution in [0.2, 0.25) is 0 Å². The molecule has 7 rings (SSSR count). The summed E-state index contributed by atoms with van der Waals surface area (Å²) in [6.45, 7) is 29.9. The lowest BCUT2D eigenvalue weighted by atomic mass is 9.66. The molecule has 6 saturated carbocycles. The number of alkyl halides is 21. The summed E-state index contributed by atoms with van der Waals surface area (Å²) in [5.41, 5.74) is -24.2. The average molecular weight is 1700 g/mol. The van der Waals surface area contributed by atoms with E-state index in [4.69, 9.17) is 28.4 Å². The van der Waals surface area contributed by atoms with Crippen molar-refractivity contribution in [3.8, 4) is 0 Å². The van der Waals surface area contributed by atoms with Crippen LogP contribution in [0.15, 0.2) is 0 Å². The highest BCUT2D eigenvalue weighted by molar-refractivity contribution is 5.86. The van der Waals surface area contributed by atoms with Crippen LogP contribution in [-0.4, -0.2) is 169 Å². The van der Waals surface area contributed by atoms with Crippen LogP contribution in [0.5, 0.6) is 0 Å². The zero-order valence-electron chi connectivity index (χ0n) is 68.0. The van der Waals surface area contributed by atoms with E-state index < -0.39 is 215 Å². The number of fused-ring (bicyclic) bond motifs is 3. The summed E-state index contributed by atoms with van der Waals surface area (Å²) in [5.74, 6) is -11.5. The third-order valence-corrected chi connectivity index (χ3v) is 25.6. The number of aliphatic hydroxyl groups is 5. The summed E-state index contributed by atoms with van der Waals surface area (Å²) in [5, 5.41) is 49.2. The Morgan fingerprint density at radius 2 is 0.781 bits per heavy atom. The van der Waals surface area contributed by atoms with Gasteiger partial charge in [0, 0.05) is 35.5 Å². The summed E-state index contributed by atoms with van der Waals surface area (Å²) in [6.07, 6.45) is -43.1. The first-order valence-electron chi connectivity index (χ1n) is 38.0. The van der Waals surface area contributed by atoms with Crippen molar-refractivity contribution in [3.63, 3.8) is 0 Å². The molecule has 21 atom stereocenters. The summed E-state index contributed by atoms with van der Waals surface area (Å²) < 4.78 is 306. The zero-order chi connectivity index (χ0) is 89.6. The standard InChI is InChI=1S/C18H25F9O4.C18H28F6O4.C17H24O6.C13H21F3O.C10H17F3O2/c1-5-13(2,3)12(28)31-11-7-9(14(4,29)16(19,20)21)6-10(8-11)15(30,17(22,23)24)18(25,26)27;1-6-14(2,3)13(25)28-12-8-10(15(4,26)17(19,20)21)7-11(9-12)16(5,27)18(22,23)24;1-5-17(3,4)16(20)23-13-8-7-9-11(15(19)22-12(9)13)10(8)14(18)21-6-2;1-7-8(2)11-5-9(7)4-10(11)6-12(3,17)13(14,15)16;1-6-9(5,10(11,12)13)7(14)15-8(2,3)4/h9-11,29-30H,5-8H2,1-4H3;10-12,26-27H,6-9H2,1-5H3;8-13H,5-7H2,1-4H3;7-11,17H,4-6H2,1-3H3;6H2,1-5H3. The van der Waals surface area contributed by atoms with E-state index >= 15 is 0 Å². The largest absolute Gasteiger partial charge is 0.466 e. The Morgan fingerprint density at radius 1 is 0.412 bits per heavy atom. The van der Waals surface area contributed by atoms with Crippen molar-refractivity contribution in [2.75, 3.05) is 6.61 Å². The highest BCUT2D eigenvalue weighted by Gasteiger charge is 2.76. The highest BCUT2D eigenvalue weighted by Crippen LogP contribution is 2.62. The highest BCUT2D eigenvalue weighted by atomic mass is 19.4. The second-order valence-electron chi connectivity index (χ2n) is 35.8. The van der Waals surface area contributed by atoms with Gasteiger partial charge in [-0.25, -0.2) is 0 Å². The summed E-state index contributed by atoms with van der Waals surface area (Å²) in [6, 6.07) is 0. The molecular weight excluding hydrogens is 1580 g/mol.